The van der Waals surface area contributed by atoms with Gasteiger partial charge < -0.3 is 10.5 Å². The molecule has 0 spiro atoms. The minimum atomic E-state index is -0.524. The molecule has 0 aromatic heterocycles. The lowest BCUT2D eigenvalue weighted by atomic mass is 9.90. The van der Waals surface area contributed by atoms with Gasteiger partial charge in [-0.2, -0.15) is 0 Å². The Labute approximate surface area is 93.4 Å². The second-order valence-electron chi connectivity index (χ2n) is 3.85. The molecule has 2 N–H and O–H groups in total. The predicted octanol–water partition coefficient (Wildman–Crippen LogP) is 1.07. The standard InChI is InChI=1S/C12H13NO3/c13-12(15)7-16-9-5-4-8-2-1-3-11(14)10(8)6-9/h4-6H,1-3,7H2,(H2,13,15). The molecule has 0 heterocycles. The number of ether oxygens (including phenoxy) is 1. The van der Waals surface area contributed by atoms with Crippen LogP contribution in [-0.4, -0.2) is 18.3 Å². The highest BCUT2D eigenvalue weighted by atomic mass is 16.5. The minimum Gasteiger partial charge on any atom is -0.484 e. The SMILES string of the molecule is NC(=O)COc1ccc2c(c1)C(=O)CCC2. The summed E-state index contributed by atoms with van der Waals surface area (Å²) in [7, 11) is 0. The number of hydrogen-bond acceptors (Lipinski definition) is 3. The lowest BCUT2D eigenvalue weighted by Gasteiger charge is -2.15. The Bertz CT molecular complexity index is 440. The second kappa shape index (κ2) is 4.35. The third-order valence-corrected chi connectivity index (χ3v) is 2.61. The first-order valence-corrected chi connectivity index (χ1v) is 5.24. The Hall–Kier alpha value is -1.84. The molecule has 0 radical (unpaired) electrons. The average Bonchev–Trinajstić information content (AvgIpc) is 2.27. The number of primary amides is 1. The zero-order chi connectivity index (χ0) is 11.5. The normalized spacial score (nSPS) is 14.4. The van der Waals surface area contributed by atoms with E-state index in [9.17, 15) is 9.59 Å². The van der Waals surface area contributed by atoms with E-state index in [0.29, 0.717) is 17.7 Å². The Morgan fingerprint density at radius 3 is 2.94 bits per heavy atom. The highest BCUT2D eigenvalue weighted by Gasteiger charge is 2.17. The number of Topliss-reactive ketones (excluding diaryl/α,β-unsaturated/α-hetero) is 1. The van der Waals surface area contributed by atoms with E-state index < -0.39 is 5.91 Å². The summed E-state index contributed by atoms with van der Waals surface area (Å²) in [5.41, 5.74) is 6.75. The van der Waals surface area contributed by atoms with Crippen LogP contribution in [0.5, 0.6) is 5.75 Å². The number of rotatable bonds is 3. The quantitative estimate of drug-likeness (QED) is 0.826. The molecular formula is C12H13NO3. The summed E-state index contributed by atoms with van der Waals surface area (Å²) >= 11 is 0. The summed E-state index contributed by atoms with van der Waals surface area (Å²) in [5.74, 6) is 0.141. The molecule has 4 nitrogen and oxygen atoms in total. The third kappa shape index (κ3) is 2.21. The van der Waals surface area contributed by atoms with Gasteiger partial charge in [0, 0.05) is 12.0 Å². The lowest BCUT2D eigenvalue weighted by molar-refractivity contribution is -0.119. The summed E-state index contributed by atoms with van der Waals surface area (Å²) in [6, 6.07) is 5.34. The van der Waals surface area contributed by atoms with Crippen LogP contribution in [0.4, 0.5) is 0 Å². The third-order valence-electron chi connectivity index (χ3n) is 2.61. The summed E-state index contributed by atoms with van der Waals surface area (Å²) < 4.78 is 5.16. The van der Waals surface area contributed by atoms with Crippen molar-refractivity contribution in [1.82, 2.24) is 0 Å². The maximum absolute atomic E-state index is 11.6. The molecule has 1 amide bonds. The maximum atomic E-state index is 11.6. The Balaban J connectivity index is 2.20. The molecule has 4 heteroatoms. The Morgan fingerprint density at radius 1 is 1.38 bits per heavy atom. The van der Waals surface area contributed by atoms with E-state index in [1.807, 2.05) is 6.07 Å². The average molecular weight is 219 g/mol. The first-order chi connectivity index (χ1) is 7.66. The van der Waals surface area contributed by atoms with E-state index in [-0.39, 0.29) is 12.4 Å². The molecule has 0 saturated carbocycles. The molecule has 0 bridgehead atoms. The van der Waals surface area contributed by atoms with Gasteiger partial charge in [0.2, 0.25) is 0 Å². The second-order valence-corrected chi connectivity index (χ2v) is 3.85. The van der Waals surface area contributed by atoms with Crippen molar-refractivity contribution in [2.45, 2.75) is 19.3 Å². The Morgan fingerprint density at radius 2 is 2.19 bits per heavy atom. The van der Waals surface area contributed by atoms with E-state index in [2.05, 4.69) is 0 Å². The van der Waals surface area contributed by atoms with E-state index in [0.717, 1.165) is 18.4 Å². The number of benzene rings is 1. The molecule has 0 atom stereocenters. The molecule has 1 aliphatic rings. The van der Waals surface area contributed by atoms with Gasteiger partial charge in [-0.1, -0.05) is 6.07 Å². The van der Waals surface area contributed by atoms with Crippen molar-refractivity contribution in [2.24, 2.45) is 5.73 Å². The van der Waals surface area contributed by atoms with E-state index in [1.165, 1.54) is 0 Å². The van der Waals surface area contributed by atoms with Gasteiger partial charge >= 0.3 is 0 Å². The fourth-order valence-corrected chi connectivity index (χ4v) is 1.85. The minimum absolute atomic E-state index is 0.144. The number of hydrogen-bond donors (Lipinski definition) is 1. The highest BCUT2D eigenvalue weighted by Crippen LogP contribution is 2.25. The van der Waals surface area contributed by atoms with Gasteiger partial charge in [0.05, 0.1) is 0 Å². The summed E-state index contributed by atoms with van der Waals surface area (Å²) in [6.07, 6.45) is 2.43. The van der Waals surface area contributed by atoms with E-state index in [4.69, 9.17) is 10.5 Å². The van der Waals surface area contributed by atoms with Crippen LogP contribution in [0.1, 0.15) is 28.8 Å². The van der Waals surface area contributed by atoms with Crippen LogP contribution >= 0.6 is 0 Å². The zero-order valence-corrected chi connectivity index (χ0v) is 8.86. The number of fused-ring (bicyclic) bond motifs is 1. The number of ketones is 1. The van der Waals surface area contributed by atoms with Gasteiger partial charge in [0.15, 0.2) is 12.4 Å². The van der Waals surface area contributed by atoms with Crippen LogP contribution in [0.3, 0.4) is 0 Å². The van der Waals surface area contributed by atoms with Crippen LogP contribution in [-0.2, 0) is 11.2 Å². The summed E-state index contributed by atoms with van der Waals surface area (Å²) in [5, 5.41) is 0. The molecule has 84 valence electrons. The van der Waals surface area contributed by atoms with Gasteiger partial charge in [-0.3, -0.25) is 9.59 Å². The van der Waals surface area contributed by atoms with Gasteiger partial charge in [-0.25, -0.2) is 0 Å². The van der Waals surface area contributed by atoms with Crippen molar-refractivity contribution >= 4 is 11.7 Å². The van der Waals surface area contributed by atoms with Crippen LogP contribution in [0.15, 0.2) is 18.2 Å². The molecule has 0 saturated heterocycles. The van der Waals surface area contributed by atoms with Crippen LogP contribution in [0.25, 0.3) is 0 Å². The molecule has 1 aliphatic carbocycles. The smallest absolute Gasteiger partial charge is 0.255 e. The highest BCUT2D eigenvalue weighted by molar-refractivity contribution is 5.98. The number of aryl methyl sites for hydroxylation is 1. The van der Waals surface area contributed by atoms with Gasteiger partial charge in [-0.05, 0) is 30.5 Å². The largest absolute Gasteiger partial charge is 0.484 e. The molecule has 16 heavy (non-hydrogen) atoms. The van der Waals surface area contributed by atoms with Gasteiger partial charge in [0.1, 0.15) is 5.75 Å². The van der Waals surface area contributed by atoms with Crippen molar-refractivity contribution < 1.29 is 14.3 Å². The summed E-state index contributed by atoms with van der Waals surface area (Å²) in [4.78, 5) is 22.2. The predicted molar refractivity (Wildman–Crippen MR) is 58.4 cm³/mol. The van der Waals surface area contributed by atoms with Crippen molar-refractivity contribution in [3.05, 3.63) is 29.3 Å². The number of carbonyl (C=O) groups excluding carboxylic acids is 2. The van der Waals surface area contributed by atoms with Crippen LogP contribution < -0.4 is 10.5 Å². The van der Waals surface area contributed by atoms with E-state index >= 15 is 0 Å². The molecule has 2 rings (SSSR count). The number of amides is 1. The lowest BCUT2D eigenvalue weighted by Crippen LogP contribution is -2.20. The van der Waals surface area contributed by atoms with Gasteiger partial charge in [0.25, 0.3) is 5.91 Å². The number of carbonyl (C=O) groups is 2. The maximum Gasteiger partial charge on any atom is 0.255 e. The molecule has 1 aromatic carbocycles. The fraction of sp³-hybridized carbons (Fsp3) is 0.333. The van der Waals surface area contributed by atoms with Crippen LogP contribution in [0.2, 0.25) is 0 Å². The first kappa shape index (κ1) is 10.7. The Kier molecular flexibility index (Phi) is 2.90. The monoisotopic (exact) mass is 219 g/mol. The molecule has 0 aliphatic heterocycles. The van der Waals surface area contributed by atoms with Crippen molar-refractivity contribution in [1.29, 1.82) is 0 Å². The van der Waals surface area contributed by atoms with Crippen molar-refractivity contribution in [2.75, 3.05) is 6.61 Å². The molecule has 0 unspecified atom stereocenters. The molecule has 1 aromatic rings. The number of nitrogens with two attached hydrogens (primary N) is 1. The first-order valence-electron chi connectivity index (χ1n) is 5.24. The van der Waals surface area contributed by atoms with Gasteiger partial charge in [-0.15, -0.1) is 0 Å². The van der Waals surface area contributed by atoms with Crippen molar-refractivity contribution in [3.8, 4) is 5.75 Å². The fourth-order valence-electron chi connectivity index (χ4n) is 1.85. The molecular weight excluding hydrogens is 206 g/mol. The van der Waals surface area contributed by atoms with E-state index in [1.54, 1.807) is 12.1 Å². The summed E-state index contributed by atoms with van der Waals surface area (Å²) in [6.45, 7) is -0.160. The van der Waals surface area contributed by atoms with Crippen molar-refractivity contribution in [3.63, 3.8) is 0 Å². The van der Waals surface area contributed by atoms with Crippen LogP contribution in [0, 0.1) is 0 Å². The molecule has 0 fully saturated rings. The topological polar surface area (TPSA) is 69.4 Å². The zero-order valence-electron chi connectivity index (χ0n) is 8.86.